The van der Waals surface area contributed by atoms with Gasteiger partial charge in [0.2, 0.25) is 5.16 Å². The minimum absolute atomic E-state index is 0.215. The van der Waals surface area contributed by atoms with E-state index in [1.165, 1.54) is 21.1 Å². The fraction of sp³-hybridized carbons (Fsp3) is 0.0625. The average Bonchev–Trinajstić information content (AvgIpc) is 3.03. The van der Waals surface area contributed by atoms with E-state index >= 15 is 0 Å². The maximum atomic E-state index is 12.5. The van der Waals surface area contributed by atoms with Gasteiger partial charge in [0.1, 0.15) is 5.52 Å². The molecular weight excluding hydrogens is 374 g/mol. The summed E-state index contributed by atoms with van der Waals surface area (Å²) >= 11 is 7.13. The summed E-state index contributed by atoms with van der Waals surface area (Å²) in [5, 5.41) is 17.8. The van der Waals surface area contributed by atoms with Crippen molar-refractivity contribution in [2.75, 3.05) is 5.84 Å². The average molecular weight is 386 g/mol. The molecule has 0 fully saturated rings. The molecule has 130 valence electrons. The van der Waals surface area contributed by atoms with Gasteiger partial charge in [0, 0.05) is 10.6 Å². The summed E-state index contributed by atoms with van der Waals surface area (Å²) in [6.45, 7) is 0. The SMILES string of the molecule is Nn1c(SCn2nnc3ccccc3c2=O)nnc1-c1ccc(Cl)cc1. The highest BCUT2D eigenvalue weighted by molar-refractivity contribution is 7.98. The van der Waals surface area contributed by atoms with Crippen molar-refractivity contribution in [3.05, 3.63) is 63.9 Å². The quantitative estimate of drug-likeness (QED) is 0.424. The second kappa shape index (κ2) is 6.77. The Morgan fingerprint density at radius 3 is 2.62 bits per heavy atom. The third kappa shape index (κ3) is 3.02. The Bertz CT molecular complexity index is 1140. The fourth-order valence-electron chi connectivity index (χ4n) is 2.40. The summed E-state index contributed by atoms with van der Waals surface area (Å²) in [4.78, 5) is 12.5. The van der Waals surface area contributed by atoms with Gasteiger partial charge in [-0.25, -0.2) is 4.68 Å². The van der Waals surface area contributed by atoms with Crippen LogP contribution in [0.15, 0.2) is 58.5 Å². The number of fused-ring (bicyclic) bond motifs is 1. The predicted molar refractivity (Wildman–Crippen MR) is 100 cm³/mol. The number of halogens is 1. The second-order valence-corrected chi connectivity index (χ2v) is 6.72. The molecule has 0 saturated heterocycles. The largest absolute Gasteiger partial charge is 0.335 e. The Balaban J connectivity index is 1.58. The molecular formula is C16H12ClN7OS. The summed E-state index contributed by atoms with van der Waals surface area (Å²) < 4.78 is 2.64. The molecule has 2 aromatic heterocycles. The Kier molecular flexibility index (Phi) is 4.31. The summed E-state index contributed by atoms with van der Waals surface area (Å²) in [6, 6.07) is 14.2. The Morgan fingerprint density at radius 1 is 1.04 bits per heavy atom. The molecule has 0 bridgehead atoms. The highest BCUT2D eigenvalue weighted by Crippen LogP contribution is 2.23. The smallest absolute Gasteiger partial charge is 0.278 e. The van der Waals surface area contributed by atoms with E-state index in [1.807, 2.05) is 18.2 Å². The first-order valence-corrected chi connectivity index (χ1v) is 8.91. The van der Waals surface area contributed by atoms with Crippen molar-refractivity contribution in [1.29, 1.82) is 0 Å². The summed E-state index contributed by atoms with van der Waals surface area (Å²) in [6.07, 6.45) is 0. The van der Waals surface area contributed by atoms with Crippen molar-refractivity contribution in [3.8, 4) is 11.4 Å². The van der Waals surface area contributed by atoms with Crippen LogP contribution in [0.4, 0.5) is 0 Å². The number of hydrogen-bond acceptors (Lipinski definition) is 7. The van der Waals surface area contributed by atoms with Gasteiger partial charge < -0.3 is 5.84 Å². The van der Waals surface area contributed by atoms with Gasteiger partial charge in [0.15, 0.2) is 5.82 Å². The monoisotopic (exact) mass is 385 g/mol. The van der Waals surface area contributed by atoms with Gasteiger partial charge >= 0.3 is 0 Å². The first-order chi connectivity index (χ1) is 12.6. The zero-order valence-electron chi connectivity index (χ0n) is 13.3. The van der Waals surface area contributed by atoms with E-state index < -0.39 is 0 Å². The van der Waals surface area contributed by atoms with E-state index in [4.69, 9.17) is 17.4 Å². The van der Waals surface area contributed by atoms with Crippen LogP contribution >= 0.6 is 23.4 Å². The van der Waals surface area contributed by atoms with Crippen molar-refractivity contribution in [3.63, 3.8) is 0 Å². The van der Waals surface area contributed by atoms with E-state index in [-0.39, 0.29) is 11.4 Å². The normalized spacial score (nSPS) is 11.1. The lowest BCUT2D eigenvalue weighted by molar-refractivity contribution is 0.642. The molecule has 0 spiro atoms. The Labute approximate surface area is 156 Å². The zero-order chi connectivity index (χ0) is 18.1. The van der Waals surface area contributed by atoms with Gasteiger partial charge in [-0.1, -0.05) is 40.7 Å². The Morgan fingerprint density at radius 2 is 1.81 bits per heavy atom. The van der Waals surface area contributed by atoms with Crippen LogP contribution in [-0.4, -0.2) is 29.9 Å². The molecule has 2 heterocycles. The van der Waals surface area contributed by atoms with Gasteiger partial charge in [-0.2, -0.15) is 4.68 Å². The van der Waals surface area contributed by atoms with Crippen molar-refractivity contribution in [1.82, 2.24) is 29.9 Å². The number of thioether (sulfide) groups is 1. The van der Waals surface area contributed by atoms with Crippen molar-refractivity contribution < 1.29 is 0 Å². The second-order valence-electron chi connectivity index (χ2n) is 5.37. The highest BCUT2D eigenvalue weighted by atomic mass is 35.5. The van der Waals surface area contributed by atoms with E-state index in [1.54, 1.807) is 30.3 Å². The van der Waals surface area contributed by atoms with Crippen LogP contribution in [0.2, 0.25) is 5.02 Å². The molecule has 4 aromatic rings. The zero-order valence-corrected chi connectivity index (χ0v) is 14.9. The minimum Gasteiger partial charge on any atom is -0.335 e. The lowest BCUT2D eigenvalue weighted by Crippen LogP contribution is -2.23. The number of benzene rings is 2. The van der Waals surface area contributed by atoms with Crippen LogP contribution < -0.4 is 11.4 Å². The fourth-order valence-corrected chi connectivity index (χ4v) is 3.25. The van der Waals surface area contributed by atoms with Crippen LogP contribution in [-0.2, 0) is 5.88 Å². The molecule has 0 saturated carbocycles. The standard InChI is InChI=1S/C16H12ClN7OS/c17-11-7-5-10(6-8-11)14-20-21-16(24(14)18)26-9-23-15(25)12-3-1-2-4-13(12)19-22-23/h1-8H,9,18H2. The number of nitrogens with zero attached hydrogens (tertiary/aromatic N) is 6. The molecule has 0 unspecified atom stereocenters. The molecule has 0 atom stereocenters. The number of hydrogen-bond donors (Lipinski definition) is 1. The van der Waals surface area contributed by atoms with Gasteiger partial charge in [-0.05, 0) is 36.4 Å². The lowest BCUT2D eigenvalue weighted by Gasteiger charge is -2.05. The minimum atomic E-state index is -0.218. The molecule has 0 amide bonds. The number of nitrogen functional groups attached to an aromatic ring is 1. The lowest BCUT2D eigenvalue weighted by atomic mass is 10.2. The summed E-state index contributed by atoms with van der Waals surface area (Å²) in [5.74, 6) is 6.80. The maximum Gasteiger partial charge on any atom is 0.278 e. The van der Waals surface area contributed by atoms with E-state index in [2.05, 4.69) is 20.5 Å². The topological polar surface area (TPSA) is 105 Å². The summed E-state index contributed by atoms with van der Waals surface area (Å²) in [5.41, 5.74) is 1.13. The summed E-state index contributed by atoms with van der Waals surface area (Å²) in [7, 11) is 0. The van der Waals surface area contributed by atoms with Crippen LogP contribution in [0.1, 0.15) is 0 Å². The van der Waals surface area contributed by atoms with Crippen molar-refractivity contribution in [2.45, 2.75) is 11.0 Å². The van der Waals surface area contributed by atoms with Crippen LogP contribution in [0, 0.1) is 0 Å². The van der Waals surface area contributed by atoms with E-state index in [0.717, 1.165) is 5.56 Å². The molecule has 10 heteroatoms. The van der Waals surface area contributed by atoms with Gasteiger partial charge in [-0.3, -0.25) is 4.79 Å². The van der Waals surface area contributed by atoms with Gasteiger partial charge in [0.25, 0.3) is 5.56 Å². The molecule has 4 rings (SSSR count). The van der Waals surface area contributed by atoms with E-state index in [0.29, 0.717) is 26.9 Å². The molecule has 2 aromatic carbocycles. The third-order valence-electron chi connectivity index (χ3n) is 3.71. The molecule has 0 radical (unpaired) electrons. The highest BCUT2D eigenvalue weighted by Gasteiger charge is 2.13. The number of aromatic nitrogens is 6. The predicted octanol–water partition coefficient (Wildman–Crippen LogP) is 2.17. The van der Waals surface area contributed by atoms with Crippen LogP contribution in [0.25, 0.3) is 22.3 Å². The molecule has 8 nitrogen and oxygen atoms in total. The Hall–Kier alpha value is -2.91. The van der Waals surface area contributed by atoms with E-state index in [9.17, 15) is 4.79 Å². The molecule has 2 N–H and O–H groups in total. The first kappa shape index (κ1) is 16.6. The molecule has 0 aliphatic rings. The third-order valence-corrected chi connectivity index (χ3v) is 4.87. The molecule has 0 aliphatic carbocycles. The maximum absolute atomic E-state index is 12.5. The molecule has 0 aliphatic heterocycles. The van der Waals surface area contributed by atoms with Crippen molar-refractivity contribution >= 4 is 34.3 Å². The van der Waals surface area contributed by atoms with Crippen LogP contribution in [0.3, 0.4) is 0 Å². The first-order valence-electron chi connectivity index (χ1n) is 7.55. The molecule has 26 heavy (non-hydrogen) atoms. The van der Waals surface area contributed by atoms with Gasteiger partial charge in [0.05, 0.1) is 11.3 Å². The number of rotatable bonds is 4. The van der Waals surface area contributed by atoms with Crippen LogP contribution in [0.5, 0.6) is 0 Å². The van der Waals surface area contributed by atoms with Crippen molar-refractivity contribution in [2.24, 2.45) is 0 Å². The number of nitrogens with two attached hydrogens (primary N) is 1. The van der Waals surface area contributed by atoms with Gasteiger partial charge in [-0.15, -0.1) is 15.3 Å².